The Kier molecular flexibility index (Phi) is 3.99. The van der Waals surface area contributed by atoms with E-state index in [0.29, 0.717) is 30.6 Å². The molecule has 3 N–H and O–H groups in total. The lowest BCUT2D eigenvalue weighted by atomic mass is 9.46. The third kappa shape index (κ3) is 2.20. The monoisotopic (exact) mass is 348 g/mol. The highest BCUT2D eigenvalue weighted by molar-refractivity contribution is 5.91. The number of hydrogen-bond donors (Lipinski definition) is 3. The van der Waals surface area contributed by atoms with Crippen LogP contribution in [0.4, 0.5) is 0 Å². The number of ketones is 1. The number of rotatable bonds is 2. The summed E-state index contributed by atoms with van der Waals surface area (Å²) in [6.45, 7) is 4.12. The van der Waals surface area contributed by atoms with Crippen molar-refractivity contribution >= 4 is 5.78 Å². The smallest absolute Gasteiger partial charge is 0.155 e. The number of fused-ring (bicyclic) bond motifs is 5. The van der Waals surface area contributed by atoms with Gasteiger partial charge in [0.1, 0.15) is 6.10 Å². The summed E-state index contributed by atoms with van der Waals surface area (Å²) in [5, 5.41) is 31.1. The average Bonchev–Trinajstić information content (AvgIpc) is 2.87. The molecular formula is C21H32O4. The molecule has 3 fully saturated rings. The zero-order chi connectivity index (χ0) is 18.0. The number of allylic oxidation sites excluding steroid dienone is 1. The summed E-state index contributed by atoms with van der Waals surface area (Å²) in [6, 6.07) is 0. The molecule has 0 bridgehead atoms. The molecule has 3 saturated carbocycles. The summed E-state index contributed by atoms with van der Waals surface area (Å²) in [5.41, 5.74) is 0.00120. The quantitative estimate of drug-likeness (QED) is 0.717. The van der Waals surface area contributed by atoms with Gasteiger partial charge in [0.25, 0.3) is 0 Å². The van der Waals surface area contributed by atoms with Crippen molar-refractivity contribution in [2.24, 2.45) is 28.6 Å². The highest BCUT2D eigenvalue weighted by Crippen LogP contribution is 2.67. The third-order valence-electron chi connectivity index (χ3n) is 8.90. The fourth-order valence-electron chi connectivity index (χ4n) is 7.31. The maximum atomic E-state index is 11.9. The van der Waals surface area contributed by atoms with Crippen LogP contribution in [0.1, 0.15) is 65.2 Å². The van der Waals surface area contributed by atoms with Crippen LogP contribution in [0.15, 0.2) is 11.6 Å². The molecule has 4 aliphatic carbocycles. The second-order valence-corrected chi connectivity index (χ2v) is 9.59. The minimum absolute atomic E-state index is 0.133. The first kappa shape index (κ1) is 17.7. The average molecular weight is 348 g/mol. The molecule has 4 unspecified atom stereocenters. The normalized spacial score (nSPS) is 50.5. The van der Waals surface area contributed by atoms with E-state index in [2.05, 4.69) is 13.8 Å². The molecule has 0 aliphatic heterocycles. The summed E-state index contributed by atoms with van der Waals surface area (Å²) < 4.78 is 0. The molecule has 0 spiro atoms. The highest BCUT2D eigenvalue weighted by atomic mass is 16.4. The van der Waals surface area contributed by atoms with E-state index < -0.39 is 11.7 Å². The topological polar surface area (TPSA) is 77.8 Å². The zero-order valence-corrected chi connectivity index (χ0v) is 15.5. The van der Waals surface area contributed by atoms with Gasteiger partial charge in [0.05, 0.1) is 12.2 Å². The summed E-state index contributed by atoms with van der Waals surface area (Å²) >= 11 is 0. The fourth-order valence-corrected chi connectivity index (χ4v) is 7.31. The molecule has 0 amide bonds. The first-order valence-electron chi connectivity index (χ1n) is 10.0. The van der Waals surface area contributed by atoms with E-state index in [1.807, 2.05) is 6.08 Å². The van der Waals surface area contributed by atoms with Crippen LogP contribution in [0.2, 0.25) is 0 Å². The molecule has 0 radical (unpaired) electrons. The van der Waals surface area contributed by atoms with Gasteiger partial charge >= 0.3 is 0 Å². The Morgan fingerprint density at radius 3 is 2.56 bits per heavy atom. The Hall–Kier alpha value is -0.710. The third-order valence-corrected chi connectivity index (χ3v) is 8.90. The van der Waals surface area contributed by atoms with Crippen molar-refractivity contribution in [3.8, 4) is 0 Å². The maximum Gasteiger partial charge on any atom is 0.155 e. The van der Waals surface area contributed by atoms with Gasteiger partial charge in [-0.2, -0.15) is 0 Å². The number of carbonyl (C=O) groups is 1. The van der Waals surface area contributed by atoms with Gasteiger partial charge in [0.2, 0.25) is 0 Å². The van der Waals surface area contributed by atoms with E-state index in [1.165, 1.54) is 5.57 Å². The van der Waals surface area contributed by atoms with Crippen molar-refractivity contribution < 1.29 is 20.1 Å². The molecule has 4 heteroatoms. The minimum atomic E-state index is -1.17. The van der Waals surface area contributed by atoms with Crippen molar-refractivity contribution in [3.05, 3.63) is 11.6 Å². The summed E-state index contributed by atoms with van der Waals surface area (Å²) in [5.74, 6) is 1.81. The zero-order valence-electron chi connectivity index (χ0n) is 15.5. The van der Waals surface area contributed by atoms with Gasteiger partial charge < -0.3 is 15.3 Å². The maximum absolute atomic E-state index is 11.9. The van der Waals surface area contributed by atoms with E-state index >= 15 is 0 Å². The lowest BCUT2D eigenvalue weighted by molar-refractivity contribution is -0.184. The summed E-state index contributed by atoms with van der Waals surface area (Å²) in [4.78, 5) is 11.9. The fraction of sp³-hybridized carbons (Fsp3) is 0.857. The SMILES string of the molecule is C[C@]12CCC(=O)C=C1CCC1C2CC[C@@]2(C)C1CC[C@]2(O)C(O)CO. The molecule has 4 rings (SSSR count). The van der Waals surface area contributed by atoms with Gasteiger partial charge in [-0.15, -0.1) is 0 Å². The summed E-state index contributed by atoms with van der Waals surface area (Å²) in [7, 11) is 0. The largest absolute Gasteiger partial charge is 0.394 e. The molecule has 0 aromatic carbocycles. The van der Waals surface area contributed by atoms with Crippen molar-refractivity contribution in [2.75, 3.05) is 6.61 Å². The molecule has 4 aliphatic rings. The van der Waals surface area contributed by atoms with Gasteiger partial charge in [-0.25, -0.2) is 0 Å². The second kappa shape index (κ2) is 5.64. The molecule has 0 heterocycles. The number of aliphatic hydroxyl groups excluding tert-OH is 2. The van der Waals surface area contributed by atoms with Crippen LogP contribution in [-0.4, -0.2) is 39.4 Å². The van der Waals surface area contributed by atoms with Crippen LogP contribution in [-0.2, 0) is 4.79 Å². The summed E-state index contributed by atoms with van der Waals surface area (Å²) in [6.07, 6.45) is 8.03. The van der Waals surface area contributed by atoms with Crippen molar-refractivity contribution in [1.29, 1.82) is 0 Å². The lowest BCUT2D eigenvalue weighted by Gasteiger charge is -2.59. The highest BCUT2D eigenvalue weighted by Gasteiger charge is 2.65. The lowest BCUT2D eigenvalue weighted by Crippen LogP contribution is -2.59. The van der Waals surface area contributed by atoms with E-state index in [0.717, 1.165) is 38.5 Å². The van der Waals surface area contributed by atoms with Crippen LogP contribution >= 0.6 is 0 Å². The number of aliphatic hydroxyl groups is 3. The van der Waals surface area contributed by atoms with Crippen LogP contribution in [0.25, 0.3) is 0 Å². The molecule has 140 valence electrons. The van der Waals surface area contributed by atoms with Gasteiger partial charge in [-0.1, -0.05) is 19.4 Å². The first-order valence-corrected chi connectivity index (χ1v) is 10.0. The first-order chi connectivity index (χ1) is 11.8. The Morgan fingerprint density at radius 1 is 1.12 bits per heavy atom. The van der Waals surface area contributed by atoms with E-state index in [-0.39, 0.29) is 23.2 Å². The van der Waals surface area contributed by atoms with Gasteiger partial charge in [-0.05, 0) is 74.2 Å². The predicted molar refractivity (Wildman–Crippen MR) is 94.8 cm³/mol. The molecule has 0 saturated heterocycles. The Labute approximate surface area is 150 Å². The van der Waals surface area contributed by atoms with Crippen molar-refractivity contribution in [2.45, 2.75) is 76.9 Å². The van der Waals surface area contributed by atoms with E-state index in [1.54, 1.807) is 0 Å². The number of hydrogen-bond acceptors (Lipinski definition) is 4. The van der Waals surface area contributed by atoms with Crippen LogP contribution in [0, 0.1) is 28.6 Å². The van der Waals surface area contributed by atoms with Gasteiger partial charge in [0.15, 0.2) is 5.78 Å². The Bertz CT molecular complexity index is 613. The Morgan fingerprint density at radius 2 is 1.84 bits per heavy atom. The van der Waals surface area contributed by atoms with Crippen LogP contribution < -0.4 is 0 Å². The van der Waals surface area contributed by atoms with E-state index in [4.69, 9.17) is 0 Å². The van der Waals surface area contributed by atoms with E-state index in [9.17, 15) is 20.1 Å². The van der Waals surface area contributed by atoms with Crippen LogP contribution in [0.5, 0.6) is 0 Å². The molecule has 25 heavy (non-hydrogen) atoms. The van der Waals surface area contributed by atoms with Gasteiger partial charge in [0, 0.05) is 11.8 Å². The molecule has 0 aromatic heterocycles. The number of carbonyl (C=O) groups excluding carboxylic acids is 1. The molecule has 4 nitrogen and oxygen atoms in total. The minimum Gasteiger partial charge on any atom is -0.394 e. The van der Waals surface area contributed by atoms with Crippen molar-refractivity contribution in [3.63, 3.8) is 0 Å². The predicted octanol–water partition coefficient (Wildman–Crippen LogP) is 2.60. The second-order valence-electron chi connectivity index (χ2n) is 9.59. The molecular weight excluding hydrogens is 316 g/mol. The molecule has 7 atom stereocenters. The van der Waals surface area contributed by atoms with Gasteiger partial charge in [-0.3, -0.25) is 4.79 Å². The molecule has 0 aromatic rings. The van der Waals surface area contributed by atoms with Crippen LogP contribution in [0.3, 0.4) is 0 Å². The standard InChI is InChI=1S/C21H32O4/c1-19-8-5-14(23)11-13(19)3-4-15-16(19)6-9-20(2)17(15)7-10-21(20,25)18(24)12-22/h11,15-18,22,24-25H,3-10,12H2,1-2H3/t15?,16?,17?,18?,19-,20-,21-/m0/s1. The van der Waals surface area contributed by atoms with Crippen molar-refractivity contribution in [1.82, 2.24) is 0 Å². The Balaban J connectivity index is 1.67.